The van der Waals surface area contributed by atoms with Gasteiger partial charge in [0.05, 0.1) is 10.6 Å². The monoisotopic (exact) mass is 316 g/mol. The lowest BCUT2D eigenvalue weighted by atomic mass is 10.1. The fraction of sp³-hybridized carbons (Fsp3) is 0.267. The Morgan fingerprint density at radius 1 is 1.41 bits per heavy atom. The fourth-order valence-corrected chi connectivity index (χ4v) is 3.14. The first kappa shape index (κ1) is 14.7. The van der Waals surface area contributed by atoms with E-state index in [2.05, 4.69) is 9.88 Å². The number of fused-ring (bicyclic) bond motifs is 1. The van der Waals surface area contributed by atoms with E-state index in [-0.39, 0.29) is 10.6 Å². The molecule has 0 saturated carbocycles. The number of nitrogens with zero attached hydrogens (tertiary/aromatic N) is 4. The van der Waals surface area contributed by atoms with Crippen molar-refractivity contribution in [3.8, 4) is 0 Å². The molecular formula is C15H16N4O2S. The van der Waals surface area contributed by atoms with Crippen LogP contribution in [0, 0.1) is 10.1 Å². The van der Waals surface area contributed by atoms with Crippen molar-refractivity contribution in [3.05, 3.63) is 63.4 Å². The Kier molecular flexibility index (Phi) is 4.17. The predicted molar refractivity (Wildman–Crippen MR) is 86.2 cm³/mol. The number of benzene rings is 1. The van der Waals surface area contributed by atoms with Gasteiger partial charge in [-0.05, 0) is 13.5 Å². The number of thiazole rings is 1. The minimum Gasteiger partial charge on any atom is -0.300 e. The number of para-hydroxylation sites is 1. The molecule has 2 aromatic heterocycles. The van der Waals surface area contributed by atoms with Crippen LogP contribution in [0.1, 0.15) is 11.3 Å². The van der Waals surface area contributed by atoms with Crippen molar-refractivity contribution in [3.63, 3.8) is 0 Å². The molecule has 22 heavy (non-hydrogen) atoms. The Hall–Kier alpha value is -2.25. The predicted octanol–water partition coefficient (Wildman–Crippen LogP) is 2.98. The molecule has 0 amide bonds. The maximum atomic E-state index is 11.0. The molecule has 0 spiro atoms. The van der Waals surface area contributed by atoms with Crippen LogP contribution in [-0.2, 0) is 13.0 Å². The summed E-state index contributed by atoms with van der Waals surface area (Å²) in [6.45, 7) is 1.48. The molecule has 0 aliphatic carbocycles. The smallest absolute Gasteiger partial charge is 0.272 e. The highest BCUT2D eigenvalue weighted by atomic mass is 32.1. The molecule has 3 aromatic rings. The first-order chi connectivity index (χ1) is 10.6. The van der Waals surface area contributed by atoms with Crippen LogP contribution in [0.3, 0.4) is 0 Å². The quantitative estimate of drug-likeness (QED) is 0.518. The van der Waals surface area contributed by atoms with Crippen LogP contribution >= 0.6 is 11.3 Å². The molecule has 6 nitrogen and oxygen atoms in total. The largest absolute Gasteiger partial charge is 0.300 e. The van der Waals surface area contributed by atoms with Crippen LogP contribution in [0.2, 0.25) is 0 Å². The molecule has 0 bridgehead atoms. The van der Waals surface area contributed by atoms with Crippen LogP contribution < -0.4 is 0 Å². The van der Waals surface area contributed by atoms with Crippen LogP contribution in [0.15, 0.2) is 42.0 Å². The topological polar surface area (TPSA) is 63.7 Å². The van der Waals surface area contributed by atoms with Crippen LogP contribution in [0.25, 0.3) is 4.96 Å². The molecule has 7 heteroatoms. The molecule has 0 fully saturated rings. The molecule has 0 aliphatic rings. The van der Waals surface area contributed by atoms with Crippen molar-refractivity contribution < 1.29 is 4.92 Å². The van der Waals surface area contributed by atoms with Crippen molar-refractivity contribution in [2.24, 2.45) is 0 Å². The lowest BCUT2D eigenvalue weighted by molar-refractivity contribution is -0.385. The van der Waals surface area contributed by atoms with Gasteiger partial charge in [0.15, 0.2) is 4.96 Å². The summed E-state index contributed by atoms with van der Waals surface area (Å²) in [5.41, 5.74) is 1.97. The maximum Gasteiger partial charge on any atom is 0.272 e. The minimum atomic E-state index is -0.321. The highest BCUT2D eigenvalue weighted by Gasteiger charge is 2.13. The van der Waals surface area contributed by atoms with Crippen molar-refractivity contribution >= 4 is 22.0 Å². The van der Waals surface area contributed by atoms with Gasteiger partial charge in [-0.15, -0.1) is 11.3 Å². The van der Waals surface area contributed by atoms with Gasteiger partial charge in [-0.2, -0.15) is 0 Å². The SMILES string of the molecule is CN(CCc1ccccc1[N+](=O)[O-])Cc1cn2ccsc2n1. The second-order valence-electron chi connectivity index (χ2n) is 5.20. The van der Waals surface area contributed by atoms with Gasteiger partial charge >= 0.3 is 0 Å². The zero-order chi connectivity index (χ0) is 15.5. The number of nitro benzene ring substituents is 1. The first-order valence-corrected chi connectivity index (χ1v) is 7.83. The van der Waals surface area contributed by atoms with Crippen LogP contribution in [-0.4, -0.2) is 32.8 Å². The summed E-state index contributed by atoms with van der Waals surface area (Å²) >= 11 is 1.61. The van der Waals surface area contributed by atoms with Gasteiger partial charge in [0.25, 0.3) is 5.69 Å². The van der Waals surface area contributed by atoms with E-state index >= 15 is 0 Å². The Morgan fingerprint density at radius 3 is 3.00 bits per heavy atom. The second kappa shape index (κ2) is 6.25. The zero-order valence-electron chi connectivity index (χ0n) is 12.2. The number of aromatic nitrogens is 2. The number of nitro groups is 1. The Labute approximate surface area is 131 Å². The van der Waals surface area contributed by atoms with Crippen molar-refractivity contribution in [1.82, 2.24) is 14.3 Å². The molecule has 114 valence electrons. The number of imidazole rings is 1. The van der Waals surface area contributed by atoms with Crippen molar-refractivity contribution in [2.75, 3.05) is 13.6 Å². The zero-order valence-corrected chi connectivity index (χ0v) is 13.0. The Morgan fingerprint density at radius 2 is 2.23 bits per heavy atom. The van der Waals surface area contributed by atoms with Gasteiger partial charge in [-0.1, -0.05) is 18.2 Å². The molecule has 0 aliphatic heterocycles. The highest BCUT2D eigenvalue weighted by molar-refractivity contribution is 7.15. The van der Waals surface area contributed by atoms with Gasteiger partial charge in [-0.25, -0.2) is 4.98 Å². The average molecular weight is 316 g/mol. The summed E-state index contributed by atoms with van der Waals surface area (Å²) in [6.07, 6.45) is 4.66. The summed E-state index contributed by atoms with van der Waals surface area (Å²) in [7, 11) is 2.00. The normalized spacial score (nSPS) is 11.4. The van der Waals surface area contributed by atoms with Gasteiger partial charge < -0.3 is 4.90 Å². The van der Waals surface area contributed by atoms with E-state index in [1.165, 1.54) is 0 Å². The Bertz CT molecular complexity index is 767. The van der Waals surface area contributed by atoms with E-state index in [0.29, 0.717) is 6.42 Å². The van der Waals surface area contributed by atoms with E-state index < -0.39 is 0 Å². The summed E-state index contributed by atoms with van der Waals surface area (Å²) < 4.78 is 2.01. The molecule has 0 radical (unpaired) electrons. The van der Waals surface area contributed by atoms with E-state index in [4.69, 9.17) is 0 Å². The second-order valence-corrected chi connectivity index (χ2v) is 6.07. The highest BCUT2D eigenvalue weighted by Crippen LogP contribution is 2.18. The molecule has 0 saturated heterocycles. The minimum absolute atomic E-state index is 0.193. The number of hydrogen-bond acceptors (Lipinski definition) is 5. The standard InChI is InChI=1S/C15H16N4O2S/c1-17(10-13-11-18-8-9-22-15(18)16-13)7-6-12-4-2-3-5-14(12)19(20)21/h2-5,8-9,11H,6-7,10H2,1H3. The van der Waals surface area contributed by atoms with Crippen LogP contribution in [0.5, 0.6) is 0 Å². The van der Waals surface area contributed by atoms with Gasteiger partial charge in [0.2, 0.25) is 0 Å². The maximum absolute atomic E-state index is 11.0. The van der Waals surface area contributed by atoms with Gasteiger partial charge in [-0.3, -0.25) is 14.5 Å². The first-order valence-electron chi connectivity index (χ1n) is 6.95. The summed E-state index contributed by atoms with van der Waals surface area (Å²) in [5, 5.41) is 13.0. The van der Waals surface area contributed by atoms with E-state index in [9.17, 15) is 10.1 Å². The third-order valence-corrected chi connectivity index (χ3v) is 4.30. The van der Waals surface area contributed by atoms with E-state index in [1.54, 1.807) is 23.5 Å². The van der Waals surface area contributed by atoms with Gasteiger partial charge in [0, 0.05) is 42.5 Å². The summed E-state index contributed by atoms with van der Waals surface area (Å²) in [5.74, 6) is 0. The summed E-state index contributed by atoms with van der Waals surface area (Å²) in [4.78, 5) is 18.3. The molecule has 1 aromatic carbocycles. The third-order valence-electron chi connectivity index (χ3n) is 3.53. The molecular weight excluding hydrogens is 300 g/mol. The van der Waals surface area contributed by atoms with Crippen LogP contribution in [0.4, 0.5) is 5.69 Å². The lowest BCUT2D eigenvalue weighted by Crippen LogP contribution is -2.21. The molecule has 0 N–H and O–H groups in total. The summed E-state index contributed by atoms with van der Waals surface area (Å²) in [6, 6.07) is 6.91. The molecule has 0 atom stereocenters. The number of rotatable bonds is 6. The fourth-order valence-electron chi connectivity index (χ4n) is 2.42. The molecule has 3 rings (SSSR count). The van der Waals surface area contributed by atoms with Crippen molar-refractivity contribution in [2.45, 2.75) is 13.0 Å². The average Bonchev–Trinajstić information content (AvgIpc) is 3.06. The van der Waals surface area contributed by atoms with E-state index in [0.717, 1.165) is 29.3 Å². The van der Waals surface area contributed by atoms with E-state index in [1.807, 2.05) is 41.4 Å². The lowest BCUT2D eigenvalue weighted by Gasteiger charge is -2.15. The molecule has 0 unspecified atom stereocenters. The third kappa shape index (κ3) is 3.15. The van der Waals surface area contributed by atoms with Gasteiger partial charge in [0.1, 0.15) is 0 Å². The van der Waals surface area contributed by atoms with Crippen molar-refractivity contribution in [1.29, 1.82) is 0 Å². The molecule has 2 heterocycles. The number of hydrogen-bond donors (Lipinski definition) is 0. The number of likely N-dealkylation sites (N-methyl/N-ethyl adjacent to an activating group) is 1. The Balaban J connectivity index is 1.61.